The quantitative estimate of drug-likeness (QED) is 0.573. The molecule has 0 amide bonds. The summed E-state index contributed by atoms with van der Waals surface area (Å²) in [5.74, 6) is 2.58. The molecule has 0 radical (unpaired) electrons. The minimum Gasteiger partial charge on any atom is -0.303 e. The van der Waals surface area contributed by atoms with Gasteiger partial charge >= 0.3 is 0 Å². The molecule has 0 fully saturated rings. The van der Waals surface area contributed by atoms with Crippen molar-refractivity contribution in [2.45, 2.75) is 39.2 Å². The van der Waals surface area contributed by atoms with E-state index in [0.717, 1.165) is 0 Å². The Balaban J connectivity index is 3.32. The highest BCUT2D eigenvalue weighted by molar-refractivity contribution is 4.87. The van der Waals surface area contributed by atoms with Crippen LogP contribution in [0.4, 0.5) is 0 Å². The van der Waals surface area contributed by atoms with Crippen molar-refractivity contribution in [3.8, 4) is 12.3 Å². The lowest BCUT2D eigenvalue weighted by Gasteiger charge is -2.12. The molecule has 1 N–H and O–H groups in total. The van der Waals surface area contributed by atoms with Crippen LogP contribution in [0.2, 0.25) is 0 Å². The zero-order chi connectivity index (χ0) is 7.82. The van der Waals surface area contributed by atoms with Crippen molar-refractivity contribution in [3.05, 3.63) is 0 Å². The molecule has 58 valence electrons. The number of rotatable bonds is 5. The highest BCUT2D eigenvalue weighted by atomic mass is 14.9. The van der Waals surface area contributed by atoms with Gasteiger partial charge in [-0.1, -0.05) is 26.2 Å². The minimum absolute atomic E-state index is 0.626. The van der Waals surface area contributed by atoms with Gasteiger partial charge in [-0.15, -0.1) is 6.42 Å². The van der Waals surface area contributed by atoms with Gasteiger partial charge in [0.05, 0.1) is 6.54 Å². The van der Waals surface area contributed by atoms with E-state index in [4.69, 9.17) is 6.42 Å². The molecule has 0 saturated carbocycles. The van der Waals surface area contributed by atoms with Gasteiger partial charge in [0, 0.05) is 6.04 Å². The van der Waals surface area contributed by atoms with Crippen LogP contribution >= 0.6 is 0 Å². The van der Waals surface area contributed by atoms with Crippen LogP contribution in [0.15, 0.2) is 0 Å². The first-order valence-electron chi connectivity index (χ1n) is 4.02. The van der Waals surface area contributed by atoms with E-state index in [0.29, 0.717) is 12.6 Å². The molecular formula is C9H17N. The van der Waals surface area contributed by atoms with Crippen molar-refractivity contribution < 1.29 is 0 Å². The highest BCUT2D eigenvalue weighted by Crippen LogP contribution is 1.99. The molecule has 1 heteroatoms. The summed E-state index contributed by atoms with van der Waals surface area (Å²) in [7, 11) is 0. The fourth-order valence-corrected chi connectivity index (χ4v) is 1.00. The average molecular weight is 139 g/mol. The van der Waals surface area contributed by atoms with Gasteiger partial charge in [0.25, 0.3) is 0 Å². The molecule has 1 unspecified atom stereocenters. The van der Waals surface area contributed by atoms with E-state index < -0.39 is 0 Å². The zero-order valence-corrected chi connectivity index (χ0v) is 6.98. The fraction of sp³-hybridized carbons (Fsp3) is 0.778. The van der Waals surface area contributed by atoms with Crippen LogP contribution in [0.3, 0.4) is 0 Å². The fourth-order valence-electron chi connectivity index (χ4n) is 1.00. The number of hydrogen-bond donors (Lipinski definition) is 1. The van der Waals surface area contributed by atoms with Crippen LogP contribution in [0, 0.1) is 12.3 Å². The smallest absolute Gasteiger partial charge is 0.0575 e. The van der Waals surface area contributed by atoms with Gasteiger partial charge < -0.3 is 5.32 Å². The molecule has 0 aromatic carbocycles. The first kappa shape index (κ1) is 9.52. The Hall–Kier alpha value is -0.480. The highest BCUT2D eigenvalue weighted by Gasteiger charge is 2.00. The van der Waals surface area contributed by atoms with E-state index in [1.165, 1.54) is 19.3 Å². The molecule has 0 spiro atoms. The Bertz CT molecular complexity index is 102. The monoisotopic (exact) mass is 139 g/mol. The third-order valence-electron chi connectivity index (χ3n) is 1.62. The Labute approximate surface area is 64.2 Å². The molecule has 0 saturated heterocycles. The Morgan fingerprint density at radius 2 is 2.20 bits per heavy atom. The average Bonchev–Trinajstić information content (AvgIpc) is 1.98. The Morgan fingerprint density at radius 3 is 2.60 bits per heavy atom. The van der Waals surface area contributed by atoms with E-state index in [2.05, 4.69) is 25.1 Å². The van der Waals surface area contributed by atoms with Crippen molar-refractivity contribution in [2.75, 3.05) is 6.54 Å². The molecule has 0 aliphatic heterocycles. The van der Waals surface area contributed by atoms with Gasteiger partial charge in [-0.25, -0.2) is 0 Å². The molecule has 0 aromatic heterocycles. The summed E-state index contributed by atoms with van der Waals surface area (Å²) in [6.45, 7) is 5.09. The molecule has 0 aliphatic carbocycles. The maximum Gasteiger partial charge on any atom is 0.0575 e. The maximum atomic E-state index is 5.12. The molecular weight excluding hydrogens is 122 g/mol. The van der Waals surface area contributed by atoms with Gasteiger partial charge in [0.15, 0.2) is 0 Å². The predicted molar refractivity (Wildman–Crippen MR) is 45.8 cm³/mol. The van der Waals surface area contributed by atoms with E-state index in [-0.39, 0.29) is 0 Å². The summed E-state index contributed by atoms with van der Waals surface area (Å²) in [5, 5.41) is 3.28. The van der Waals surface area contributed by atoms with Gasteiger partial charge in [0.1, 0.15) is 0 Å². The second-order valence-electron chi connectivity index (χ2n) is 2.48. The molecule has 0 bridgehead atoms. The summed E-state index contributed by atoms with van der Waals surface area (Å²) >= 11 is 0. The molecule has 1 atom stereocenters. The topological polar surface area (TPSA) is 12.0 Å². The van der Waals surface area contributed by atoms with Crippen molar-refractivity contribution in [3.63, 3.8) is 0 Å². The molecule has 10 heavy (non-hydrogen) atoms. The lowest BCUT2D eigenvalue weighted by atomic mass is 10.1. The van der Waals surface area contributed by atoms with Crippen molar-refractivity contribution in [1.29, 1.82) is 0 Å². The zero-order valence-electron chi connectivity index (χ0n) is 6.98. The van der Waals surface area contributed by atoms with Gasteiger partial charge in [-0.05, 0) is 12.8 Å². The second-order valence-corrected chi connectivity index (χ2v) is 2.48. The van der Waals surface area contributed by atoms with Crippen LogP contribution in [-0.4, -0.2) is 12.6 Å². The summed E-state index contributed by atoms with van der Waals surface area (Å²) in [5.41, 5.74) is 0. The standard InChI is InChI=1S/C9H17N/c1-4-7-9(6-3)10-8-5-2/h2,9-10H,4,6-8H2,1,3H3. The number of terminal acetylenes is 1. The first-order valence-corrected chi connectivity index (χ1v) is 4.02. The van der Waals surface area contributed by atoms with Gasteiger partial charge in [-0.2, -0.15) is 0 Å². The lowest BCUT2D eigenvalue weighted by molar-refractivity contribution is 0.488. The van der Waals surface area contributed by atoms with Crippen LogP contribution in [0.25, 0.3) is 0 Å². The lowest BCUT2D eigenvalue weighted by Crippen LogP contribution is -2.28. The molecule has 0 aliphatic rings. The third-order valence-corrected chi connectivity index (χ3v) is 1.62. The largest absolute Gasteiger partial charge is 0.303 e. The van der Waals surface area contributed by atoms with Crippen LogP contribution in [0.5, 0.6) is 0 Å². The van der Waals surface area contributed by atoms with Crippen molar-refractivity contribution in [1.82, 2.24) is 5.32 Å². The van der Waals surface area contributed by atoms with Crippen LogP contribution in [0.1, 0.15) is 33.1 Å². The first-order chi connectivity index (χ1) is 4.85. The summed E-state index contributed by atoms with van der Waals surface area (Å²) in [4.78, 5) is 0. The van der Waals surface area contributed by atoms with Crippen molar-refractivity contribution >= 4 is 0 Å². The number of hydrogen-bond acceptors (Lipinski definition) is 1. The van der Waals surface area contributed by atoms with Crippen LogP contribution in [-0.2, 0) is 0 Å². The Kier molecular flexibility index (Phi) is 6.32. The minimum atomic E-state index is 0.626. The SMILES string of the molecule is C#CCNC(CC)CCC. The van der Waals surface area contributed by atoms with E-state index in [1.54, 1.807) is 0 Å². The number of nitrogens with one attached hydrogen (secondary N) is 1. The van der Waals surface area contributed by atoms with E-state index in [9.17, 15) is 0 Å². The molecule has 1 nitrogen and oxygen atoms in total. The Morgan fingerprint density at radius 1 is 1.50 bits per heavy atom. The van der Waals surface area contributed by atoms with E-state index in [1.807, 2.05) is 0 Å². The third kappa shape index (κ3) is 4.40. The van der Waals surface area contributed by atoms with Gasteiger partial charge in [-0.3, -0.25) is 0 Å². The summed E-state index contributed by atoms with van der Waals surface area (Å²) in [6.07, 6.45) is 8.76. The molecule has 0 heterocycles. The van der Waals surface area contributed by atoms with Crippen molar-refractivity contribution in [2.24, 2.45) is 0 Å². The summed E-state index contributed by atoms with van der Waals surface area (Å²) < 4.78 is 0. The second kappa shape index (κ2) is 6.64. The molecule has 0 aromatic rings. The maximum absolute atomic E-state index is 5.12. The van der Waals surface area contributed by atoms with E-state index >= 15 is 0 Å². The van der Waals surface area contributed by atoms with Gasteiger partial charge in [0.2, 0.25) is 0 Å². The summed E-state index contributed by atoms with van der Waals surface area (Å²) in [6, 6.07) is 0.626. The van der Waals surface area contributed by atoms with Crippen LogP contribution < -0.4 is 5.32 Å². The normalized spacial score (nSPS) is 12.5. The predicted octanol–water partition coefficient (Wildman–Crippen LogP) is 1.79. The molecule has 0 rings (SSSR count).